The van der Waals surface area contributed by atoms with Crippen molar-refractivity contribution in [3.63, 3.8) is 0 Å². The molecule has 2 aliphatic carbocycles. The van der Waals surface area contributed by atoms with Gasteiger partial charge in [-0.1, -0.05) is 84.9 Å². The highest BCUT2D eigenvalue weighted by atomic mass is 32.3. The van der Waals surface area contributed by atoms with Crippen LogP contribution in [0.15, 0.2) is 97.1 Å². The molecule has 0 radical (unpaired) electrons. The van der Waals surface area contributed by atoms with Crippen molar-refractivity contribution >= 4 is 32.0 Å². The van der Waals surface area contributed by atoms with E-state index in [1.165, 1.54) is 66.6 Å². The van der Waals surface area contributed by atoms with E-state index in [0.717, 1.165) is 12.8 Å². The molecule has 37 heavy (non-hydrogen) atoms. The summed E-state index contributed by atoms with van der Waals surface area (Å²) in [6, 6.07) is 35.2. The fourth-order valence-corrected chi connectivity index (χ4v) is 7.99. The Bertz CT molecular complexity index is 1830. The Morgan fingerprint density at radius 2 is 1.00 bits per heavy atom. The fraction of sp³-hybridized carbons (Fsp3) is 0.176. The first-order valence-corrected chi connectivity index (χ1v) is 15.8. The van der Waals surface area contributed by atoms with Crippen LogP contribution < -0.4 is 0 Å². The standard InChI is InChI=1S/C18H19NS.C16H13N/c1-20(2,3)19-17-11-7-6-10-15(17)16-12-13-8-4-5-9-14(13)18(16)19;1-17-15-9-5-4-8-13(15)14-10-11-6-2-3-7-12(11)16(14)17/h4-11H,12H2,1-3H3;2-9H,10H2,1H3. The number of aromatic nitrogens is 2. The largest absolute Gasteiger partial charge is 0.343 e. The second kappa shape index (κ2) is 8.16. The van der Waals surface area contributed by atoms with Crippen LogP contribution in [0.1, 0.15) is 22.3 Å². The van der Waals surface area contributed by atoms with Crippen LogP contribution in [0.4, 0.5) is 0 Å². The molecule has 6 aromatic rings. The minimum atomic E-state index is -0.837. The minimum absolute atomic E-state index is 0.837. The zero-order valence-electron chi connectivity index (χ0n) is 22.0. The molecule has 0 aliphatic heterocycles. The third kappa shape index (κ3) is 3.34. The maximum Gasteiger partial charge on any atom is 0.0625 e. The van der Waals surface area contributed by atoms with Gasteiger partial charge in [-0.2, -0.15) is 10.2 Å². The van der Waals surface area contributed by atoms with Crippen LogP contribution in [0, 0.1) is 0 Å². The number of hydrogen-bond donors (Lipinski definition) is 0. The third-order valence-electron chi connectivity index (χ3n) is 7.98. The Labute approximate surface area is 220 Å². The van der Waals surface area contributed by atoms with E-state index in [1.807, 2.05) is 0 Å². The first-order chi connectivity index (χ1) is 17.9. The maximum atomic E-state index is 2.60. The lowest BCUT2D eigenvalue weighted by atomic mass is 10.1. The summed E-state index contributed by atoms with van der Waals surface area (Å²) >= 11 is 0. The van der Waals surface area contributed by atoms with Gasteiger partial charge in [0.2, 0.25) is 0 Å². The van der Waals surface area contributed by atoms with Crippen LogP contribution >= 0.6 is 10.2 Å². The zero-order valence-corrected chi connectivity index (χ0v) is 22.8. The van der Waals surface area contributed by atoms with Crippen molar-refractivity contribution in [2.75, 3.05) is 18.8 Å². The normalized spacial score (nSPS) is 13.6. The highest BCUT2D eigenvalue weighted by Gasteiger charge is 2.29. The maximum absolute atomic E-state index is 2.60. The molecule has 8 rings (SSSR count). The van der Waals surface area contributed by atoms with Gasteiger partial charge in [0.25, 0.3) is 0 Å². The minimum Gasteiger partial charge on any atom is -0.343 e. The predicted octanol–water partition coefficient (Wildman–Crippen LogP) is 8.42. The second-order valence-corrected chi connectivity index (χ2v) is 14.9. The number of hydrogen-bond acceptors (Lipinski definition) is 0. The summed E-state index contributed by atoms with van der Waals surface area (Å²) in [5, 5.41) is 2.84. The number of benzene rings is 4. The van der Waals surface area contributed by atoms with Crippen molar-refractivity contribution in [1.29, 1.82) is 0 Å². The number of fused-ring (bicyclic) bond motifs is 10. The lowest BCUT2D eigenvalue weighted by molar-refractivity contribution is 0.978. The molecular weight excluding hydrogens is 468 g/mol. The first kappa shape index (κ1) is 22.5. The Kier molecular flexibility index (Phi) is 4.96. The van der Waals surface area contributed by atoms with Gasteiger partial charge in [0.05, 0.1) is 16.9 Å². The average molecular weight is 501 g/mol. The molecule has 184 valence electrons. The van der Waals surface area contributed by atoms with Crippen LogP contribution in [0.2, 0.25) is 0 Å². The monoisotopic (exact) mass is 500 g/mol. The zero-order chi connectivity index (χ0) is 25.3. The first-order valence-electron chi connectivity index (χ1n) is 13.0. The van der Waals surface area contributed by atoms with Gasteiger partial charge < -0.3 is 8.54 Å². The molecule has 4 aromatic carbocycles. The smallest absolute Gasteiger partial charge is 0.0625 e. The molecule has 0 fully saturated rings. The molecule has 0 saturated carbocycles. The molecule has 3 heteroatoms. The van der Waals surface area contributed by atoms with E-state index in [2.05, 4.69) is 131 Å². The van der Waals surface area contributed by atoms with Gasteiger partial charge in [0.15, 0.2) is 0 Å². The van der Waals surface area contributed by atoms with Gasteiger partial charge in [-0.05, 0) is 53.2 Å². The fourth-order valence-electron chi connectivity index (χ4n) is 6.48. The van der Waals surface area contributed by atoms with E-state index in [1.54, 1.807) is 0 Å². The highest BCUT2D eigenvalue weighted by molar-refractivity contribution is 8.31. The Morgan fingerprint density at radius 1 is 0.541 bits per heavy atom. The van der Waals surface area contributed by atoms with Crippen molar-refractivity contribution in [3.05, 3.63) is 119 Å². The van der Waals surface area contributed by atoms with Crippen LogP contribution in [0.25, 0.3) is 44.3 Å². The Morgan fingerprint density at radius 3 is 1.62 bits per heavy atom. The molecule has 2 aromatic heterocycles. The molecule has 0 bridgehead atoms. The number of rotatable bonds is 1. The second-order valence-electron chi connectivity index (χ2n) is 11.0. The molecule has 0 spiro atoms. The predicted molar refractivity (Wildman–Crippen MR) is 162 cm³/mol. The quantitative estimate of drug-likeness (QED) is 0.214. The van der Waals surface area contributed by atoms with Gasteiger partial charge >= 0.3 is 0 Å². The molecule has 0 amide bonds. The van der Waals surface area contributed by atoms with Crippen molar-refractivity contribution in [1.82, 2.24) is 8.54 Å². The van der Waals surface area contributed by atoms with Gasteiger partial charge in [-0.15, -0.1) is 0 Å². The van der Waals surface area contributed by atoms with E-state index in [4.69, 9.17) is 0 Å². The van der Waals surface area contributed by atoms with E-state index in [-0.39, 0.29) is 0 Å². The number of para-hydroxylation sites is 2. The average Bonchev–Trinajstić information content (AvgIpc) is 3.62. The number of nitrogens with zero attached hydrogens (tertiary/aromatic N) is 2. The van der Waals surface area contributed by atoms with Crippen LogP contribution in [-0.4, -0.2) is 27.3 Å². The van der Waals surface area contributed by atoms with Crippen LogP contribution in [0.5, 0.6) is 0 Å². The SMILES string of the molecule is CS(C)(C)n1c2c(c3ccccc31)Cc1ccccc1-2.Cn1c2c(c3ccccc31)Cc1ccccc1-2. The van der Waals surface area contributed by atoms with Crippen LogP contribution in [-0.2, 0) is 19.9 Å². The number of aryl methyl sites for hydroxylation is 1. The van der Waals surface area contributed by atoms with Gasteiger partial charge in [0.1, 0.15) is 0 Å². The molecule has 0 atom stereocenters. The van der Waals surface area contributed by atoms with Gasteiger partial charge in [-0.25, -0.2) is 0 Å². The summed E-state index contributed by atoms with van der Waals surface area (Å²) in [5.41, 5.74) is 14.4. The Hall–Kier alpha value is -3.69. The van der Waals surface area contributed by atoms with Crippen molar-refractivity contribution in [3.8, 4) is 22.5 Å². The molecule has 2 aliphatic rings. The highest BCUT2D eigenvalue weighted by Crippen LogP contribution is 2.51. The topological polar surface area (TPSA) is 9.86 Å². The summed E-state index contributed by atoms with van der Waals surface area (Å²) in [7, 11) is 1.33. The molecule has 0 N–H and O–H groups in total. The summed E-state index contributed by atoms with van der Waals surface area (Å²) < 4.78 is 4.93. The van der Waals surface area contributed by atoms with E-state index in [0.29, 0.717) is 0 Å². The molecular formula is C34H32N2S. The van der Waals surface area contributed by atoms with E-state index < -0.39 is 10.2 Å². The molecule has 0 saturated heterocycles. The lowest BCUT2D eigenvalue weighted by Crippen LogP contribution is -2.06. The summed E-state index contributed by atoms with van der Waals surface area (Å²) in [5.74, 6) is 0. The third-order valence-corrected chi connectivity index (χ3v) is 9.45. The summed E-state index contributed by atoms with van der Waals surface area (Å²) in [6.07, 6.45) is 9.28. The molecule has 2 nitrogen and oxygen atoms in total. The van der Waals surface area contributed by atoms with Crippen molar-refractivity contribution in [2.45, 2.75) is 12.8 Å². The van der Waals surface area contributed by atoms with E-state index in [9.17, 15) is 0 Å². The van der Waals surface area contributed by atoms with Gasteiger partial charge in [-0.3, -0.25) is 0 Å². The van der Waals surface area contributed by atoms with E-state index >= 15 is 0 Å². The summed E-state index contributed by atoms with van der Waals surface area (Å²) in [6.45, 7) is 0. The summed E-state index contributed by atoms with van der Waals surface area (Å²) in [4.78, 5) is 0. The van der Waals surface area contributed by atoms with Crippen molar-refractivity contribution in [2.24, 2.45) is 7.05 Å². The molecule has 2 heterocycles. The Balaban J connectivity index is 0.000000126. The van der Waals surface area contributed by atoms with Crippen LogP contribution in [0.3, 0.4) is 0 Å². The molecule has 0 unspecified atom stereocenters. The lowest BCUT2D eigenvalue weighted by Gasteiger charge is -2.31. The van der Waals surface area contributed by atoms with Gasteiger partial charge in [0, 0.05) is 47.3 Å². The van der Waals surface area contributed by atoms with Crippen molar-refractivity contribution < 1.29 is 0 Å².